The highest BCUT2D eigenvalue weighted by Gasteiger charge is 2.15. The van der Waals surface area contributed by atoms with Gasteiger partial charge in [0.05, 0.1) is 12.6 Å². The van der Waals surface area contributed by atoms with Crippen LogP contribution in [0, 0.1) is 0 Å². The van der Waals surface area contributed by atoms with E-state index in [2.05, 4.69) is 0 Å². The molecule has 0 aliphatic carbocycles. The highest BCUT2D eigenvalue weighted by molar-refractivity contribution is 5.81. The molecule has 2 atom stereocenters. The van der Waals surface area contributed by atoms with E-state index in [1.807, 2.05) is 0 Å². The van der Waals surface area contributed by atoms with Crippen molar-refractivity contribution in [3.05, 3.63) is 0 Å². The summed E-state index contributed by atoms with van der Waals surface area (Å²) in [5.41, 5.74) is 10.5. The van der Waals surface area contributed by atoms with Gasteiger partial charge in [-0.2, -0.15) is 0 Å². The number of carbonyl (C=O) groups is 1. The van der Waals surface area contributed by atoms with Gasteiger partial charge >= 0.3 is 0 Å². The zero-order valence-corrected chi connectivity index (χ0v) is 5.37. The number of ketones is 1. The fourth-order valence-electron chi connectivity index (χ4n) is 0.415. The zero-order valence-electron chi connectivity index (χ0n) is 5.37. The van der Waals surface area contributed by atoms with Crippen LogP contribution in [0.4, 0.5) is 0 Å². The summed E-state index contributed by atoms with van der Waals surface area (Å²) < 4.78 is 0. The first-order chi connectivity index (χ1) is 4.09. The van der Waals surface area contributed by atoms with Crippen molar-refractivity contribution in [1.82, 2.24) is 0 Å². The second-order valence-corrected chi connectivity index (χ2v) is 1.98. The van der Waals surface area contributed by atoms with E-state index in [0.717, 1.165) is 0 Å². The van der Waals surface area contributed by atoms with Gasteiger partial charge in [-0.3, -0.25) is 4.79 Å². The summed E-state index contributed by atoms with van der Waals surface area (Å²) in [6.07, 6.45) is 0. The molecule has 0 saturated heterocycles. The normalized spacial score (nSPS) is 16.9. The predicted octanol–water partition coefficient (Wildman–Crippen LogP) is -1.78. The first kappa shape index (κ1) is 8.55. The van der Waals surface area contributed by atoms with Gasteiger partial charge in [0.15, 0.2) is 0 Å². The third kappa shape index (κ3) is 2.55. The van der Waals surface area contributed by atoms with Crippen molar-refractivity contribution in [3.8, 4) is 0 Å². The third-order valence-corrected chi connectivity index (χ3v) is 1.14. The van der Waals surface area contributed by atoms with Crippen LogP contribution in [-0.2, 0) is 4.79 Å². The lowest BCUT2D eigenvalue weighted by Gasteiger charge is -2.13. The largest absolute Gasteiger partial charge is 0.395 e. The van der Waals surface area contributed by atoms with Gasteiger partial charge in [-0.25, -0.2) is 0 Å². The van der Waals surface area contributed by atoms with Gasteiger partial charge in [0.1, 0.15) is 5.78 Å². The molecule has 54 valence electrons. The Bertz CT molecular complexity index is 105. The van der Waals surface area contributed by atoms with Gasteiger partial charge < -0.3 is 16.6 Å². The minimum absolute atomic E-state index is 0.198. The smallest absolute Gasteiger partial charge is 0.148 e. The van der Waals surface area contributed by atoms with E-state index in [4.69, 9.17) is 16.6 Å². The van der Waals surface area contributed by atoms with Crippen molar-refractivity contribution in [2.75, 3.05) is 6.61 Å². The molecule has 0 saturated carbocycles. The Hall–Kier alpha value is -0.450. The summed E-state index contributed by atoms with van der Waals surface area (Å²) in [4.78, 5) is 10.4. The summed E-state index contributed by atoms with van der Waals surface area (Å²) in [5, 5.41) is 8.40. The molecule has 0 aliphatic rings. The minimum Gasteiger partial charge on any atom is -0.395 e. The van der Waals surface area contributed by atoms with Crippen molar-refractivity contribution >= 4 is 5.78 Å². The zero-order chi connectivity index (χ0) is 7.44. The molecule has 0 rings (SSSR count). The molecule has 0 aromatic heterocycles. The van der Waals surface area contributed by atoms with E-state index < -0.39 is 12.1 Å². The second kappa shape index (κ2) is 3.55. The van der Waals surface area contributed by atoms with E-state index in [-0.39, 0.29) is 12.4 Å². The van der Waals surface area contributed by atoms with Crippen LogP contribution in [0.2, 0.25) is 0 Å². The molecule has 0 aromatic carbocycles. The quantitative estimate of drug-likeness (QED) is 0.423. The van der Waals surface area contributed by atoms with Crippen LogP contribution < -0.4 is 11.5 Å². The maximum absolute atomic E-state index is 10.4. The summed E-state index contributed by atoms with van der Waals surface area (Å²) in [7, 11) is 0. The Morgan fingerprint density at radius 1 is 1.67 bits per heavy atom. The van der Waals surface area contributed by atoms with Gasteiger partial charge in [-0.05, 0) is 6.92 Å². The molecule has 0 aliphatic heterocycles. The molecule has 0 fully saturated rings. The van der Waals surface area contributed by atoms with E-state index >= 15 is 0 Å². The standard InChI is InChI=1S/C5H12N2O2/c1-3(9)5(7)4(6)2-8/h4-5,8H,2,6-7H2,1H3/t4?,5-/m0/s1. The lowest BCUT2D eigenvalue weighted by atomic mass is 10.1. The Morgan fingerprint density at radius 2 is 2.11 bits per heavy atom. The summed E-state index contributed by atoms with van der Waals surface area (Å²) in [6, 6.07) is -1.35. The molecule has 0 radical (unpaired) electrons. The molecule has 5 N–H and O–H groups in total. The highest BCUT2D eigenvalue weighted by Crippen LogP contribution is 1.85. The van der Waals surface area contributed by atoms with Crippen molar-refractivity contribution in [2.45, 2.75) is 19.0 Å². The van der Waals surface area contributed by atoms with Crippen LogP contribution in [0.3, 0.4) is 0 Å². The summed E-state index contributed by atoms with van der Waals surface area (Å²) in [6.45, 7) is 1.10. The third-order valence-electron chi connectivity index (χ3n) is 1.14. The molecule has 0 amide bonds. The first-order valence-electron chi connectivity index (χ1n) is 2.72. The van der Waals surface area contributed by atoms with Crippen molar-refractivity contribution in [1.29, 1.82) is 0 Å². The van der Waals surface area contributed by atoms with E-state index in [0.29, 0.717) is 0 Å². The number of aliphatic hydroxyl groups excluding tert-OH is 1. The van der Waals surface area contributed by atoms with Crippen LogP contribution in [-0.4, -0.2) is 29.6 Å². The number of aliphatic hydroxyl groups is 1. The minimum atomic E-state index is -0.727. The van der Waals surface area contributed by atoms with Gasteiger partial charge in [-0.15, -0.1) is 0 Å². The van der Waals surface area contributed by atoms with Gasteiger partial charge in [0.2, 0.25) is 0 Å². The molecular weight excluding hydrogens is 120 g/mol. The van der Waals surface area contributed by atoms with Crippen molar-refractivity contribution in [3.63, 3.8) is 0 Å². The lowest BCUT2D eigenvalue weighted by Crippen LogP contribution is -2.48. The number of rotatable bonds is 3. The van der Waals surface area contributed by atoms with Crippen molar-refractivity contribution < 1.29 is 9.90 Å². The SMILES string of the molecule is CC(=O)[C@H](N)C(N)CO. The van der Waals surface area contributed by atoms with Gasteiger partial charge in [0.25, 0.3) is 0 Å². The molecule has 4 heteroatoms. The van der Waals surface area contributed by atoms with Gasteiger partial charge in [-0.1, -0.05) is 0 Å². The van der Waals surface area contributed by atoms with E-state index in [1.54, 1.807) is 0 Å². The average molecular weight is 132 g/mol. The molecular formula is C5H12N2O2. The van der Waals surface area contributed by atoms with Crippen LogP contribution in [0.15, 0.2) is 0 Å². The molecule has 0 aromatic rings. The van der Waals surface area contributed by atoms with Gasteiger partial charge in [0, 0.05) is 6.04 Å². The average Bonchev–Trinajstić information content (AvgIpc) is 1.84. The van der Waals surface area contributed by atoms with E-state index in [1.165, 1.54) is 6.92 Å². The molecule has 0 spiro atoms. The van der Waals surface area contributed by atoms with Crippen molar-refractivity contribution in [2.24, 2.45) is 11.5 Å². The Balaban J connectivity index is 3.72. The Kier molecular flexibility index (Phi) is 3.37. The van der Waals surface area contributed by atoms with Crippen LogP contribution >= 0.6 is 0 Å². The van der Waals surface area contributed by atoms with E-state index in [9.17, 15) is 4.79 Å². The van der Waals surface area contributed by atoms with Crippen LogP contribution in [0.1, 0.15) is 6.92 Å². The maximum Gasteiger partial charge on any atom is 0.148 e. The Labute approximate surface area is 53.8 Å². The summed E-state index contributed by atoms with van der Waals surface area (Å²) >= 11 is 0. The number of nitrogens with two attached hydrogens (primary N) is 2. The summed E-state index contributed by atoms with van der Waals surface area (Å²) in [5.74, 6) is -0.198. The maximum atomic E-state index is 10.4. The fourth-order valence-corrected chi connectivity index (χ4v) is 0.415. The Morgan fingerprint density at radius 3 is 2.22 bits per heavy atom. The van der Waals surface area contributed by atoms with Crippen LogP contribution in [0.25, 0.3) is 0 Å². The molecule has 1 unspecified atom stereocenters. The topological polar surface area (TPSA) is 89.3 Å². The number of hydrogen-bond acceptors (Lipinski definition) is 4. The number of Topliss-reactive ketones (excluding diaryl/α,β-unsaturated/α-hetero) is 1. The van der Waals surface area contributed by atoms with Crippen LogP contribution in [0.5, 0.6) is 0 Å². The fraction of sp³-hybridized carbons (Fsp3) is 0.800. The first-order valence-corrected chi connectivity index (χ1v) is 2.72. The lowest BCUT2D eigenvalue weighted by molar-refractivity contribution is -0.118. The monoisotopic (exact) mass is 132 g/mol. The number of hydrogen-bond donors (Lipinski definition) is 3. The molecule has 4 nitrogen and oxygen atoms in total. The molecule has 0 bridgehead atoms. The second-order valence-electron chi connectivity index (χ2n) is 1.98. The number of carbonyl (C=O) groups excluding carboxylic acids is 1. The predicted molar refractivity (Wildman–Crippen MR) is 33.7 cm³/mol. The molecule has 0 heterocycles. The molecule has 9 heavy (non-hydrogen) atoms. The highest BCUT2D eigenvalue weighted by atomic mass is 16.3.